The number of hydrogen-bond acceptors (Lipinski definition) is 6. The Kier molecular flexibility index (Phi) is 6.83. The maximum absolute atomic E-state index is 13.7. The first-order valence-electron chi connectivity index (χ1n) is 8.86. The molecule has 6 nitrogen and oxygen atoms in total. The standard InChI is InChI=1S/C21H19F2N3O3S/c1-13(25-28-2)12-29-20-17(14-4-7-16(30-3)8-5-14)11-24-26(21(20)27)15-6-9-18(22)19(23)10-15/h4-11H,12H2,1-3H3/b25-13+. The first-order valence-corrected chi connectivity index (χ1v) is 10.1. The summed E-state index contributed by atoms with van der Waals surface area (Å²) >= 11 is 1.59. The van der Waals surface area contributed by atoms with Crippen LogP contribution in [0.3, 0.4) is 0 Å². The van der Waals surface area contributed by atoms with E-state index in [1.165, 1.54) is 19.4 Å². The van der Waals surface area contributed by atoms with Crippen molar-refractivity contribution in [1.82, 2.24) is 9.78 Å². The van der Waals surface area contributed by atoms with Gasteiger partial charge in [0.25, 0.3) is 0 Å². The molecule has 9 heteroatoms. The molecule has 0 saturated heterocycles. The summed E-state index contributed by atoms with van der Waals surface area (Å²) in [5, 5.41) is 7.91. The zero-order valence-electron chi connectivity index (χ0n) is 16.6. The lowest BCUT2D eigenvalue weighted by atomic mass is 10.1. The summed E-state index contributed by atoms with van der Waals surface area (Å²) in [5.74, 6) is -2.08. The van der Waals surface area contributed by atoms with Gasteiger partial charge in [0.15, 0.2) is 17.4 Å². The Bertz CT molecular complexity index is 1130. The zero-order chi connectivity index (χ0) is 21.7. The molecule has 156 valence electrons. The lowest BCUT2D eigenvalue weighted by Crippen LogP contribution is -2.25. The van der Waals surface area contributed by atoms with Crippen molar-refractivity contribution in [3.05, 3.63) is 70.6 Å². The molecule has 3 aromatic rings. The molecule has 0 unspecified atom stereocenters. The fourth-order valence-electron chi connectivity index (χ4n) is 2.71. The highest BCUT2D eigenvalue weighted by Crippen LogP contribution is 2.28. The van der Waals surface area contributed by atoms with Crippen LogP contribution in [-0.2, 0) is 4.84 Å². The molecule has 0 N–H and O–H groups in total. The van der Waals surface area contributed by atoms with Crippen molar-refractivity contribution >= 4 is 17.5 Å². The molecule has 1 heterocycles. The molecule has 2 aromatic carbocycles. The van der Waals surface area contributed by atoms with E-state index < -0.39 is 17.2 Å². The number of benzene rings is 2. The predicted molar refractivity (Wildman–Crippen MR) is 113 cm³/mol. The SMILES string of the molecule is CO/N=C(\C)COc1c(-c2ccc(SC)cc2)cnn(-c2ccc(F)c(F)c2)c1=O. The molecule has 0 spiro atoms. The van der Waals surface area contributed by atoms with E-state index in [9.17, 15) is 13.6 Å². The van der Waals surface area contributed by atoms with Gasteiger partial charge in [0.2, 0.25) is 0 Å². The molecule has 0 bridgehead atoms. The average Bonchev–Trinajstić information content (AvgIpc) is 2.75. The molecule has 3 rings (SSSR count). The normalized spacial score (nSPS) is 11.4. The molecule has 30 heavy (non-hydrogen) atoms. The predicted octanol–water partition coefficient (Wildman–Crippen LogP) is 4.30. The number of halogens is 2. The quantitative estimate of drug-likeness (QED) is 0.317. The fraction of sp³-hybridized carbons (Fsp3) is 0.190. The Morgan fingerprint density at radius 3 is 2.53 bits per heavy atom. The van der Waals surface area contributed by atoms with Crippen LogP contribution in [0.25, 0.3) is 16.8 Å². The Hall–Kier alpha value is -3.20. The molecule has 0 aliphatic carbocycles. The number of hydrogen-bond donors (Lipinski definition) is 0. The number of nitrogens with zero attached hydrogens (tertiary/aromatic N) is 3. The molecular weight excluding hydrogens is 412 g/mol. The maximum atomic E-state index is 13.7. The van der Waals surface area contributed by atoms with Gasteiger partial charge in [-0.15, -0.1) is 11.8 Å². The van der Waals surface area contributed by atoms with Crippen LogP contribution < -0.4 is 10.3 Å². The van der Waals surface area contributed by atoms with Gasteiger partial charge >= 0.3 is 5.56 Å². The maximum Gasteiger partial charge on any atom is 0.314 e. The second kappa shape index (κ2) is 9.53. The summed E-state index contributed by atoms with van der Waals surface area (Å²) in [7, 11) is 1.41. The lowest BCUT2D eigenvalue weighted by molar-refractivity contribution is 0.209. The smallest absolute Gasteiger partial charge is 0.314 e. The Morgan fingerprint density at radius 1 is 1.17 bits per heavy atom. The monoisotopic (exact) mass is 431 g/mol. The van der Waals surface area contributed by atoms with Crippen LogP contribution in [0.1, 0.15) is 6.92 Å². The van der Waals surface area contributed by atoms with Crippen LogP contribution in [-0.4, -0.2) is 35.5 Å². The topological polar surface area (TPSA) is 65.7 Å². The van der Waals surface area contributed by atoms with Crippen LogP contribution in [0.15, 0.2) is 63.5 Å². The summed E-state index contributed by atoms with van der Waals surface area (Å²) in [6.07, 6.45) is 3.42. The average molecular weight is 431 g/mol. The van der Waals surface area contributed by atoms with E-state index in [1.807, 2.05) is 30.5 Å². The number of oxime groups is 1. The van der Waals surface area contributed by atoms with Crippen molar-refractivity contribution in [1.29, 1.82) is 0 Å². The lowest BCUT2D eigenvalue weighted by Gasteiger charge is -2.13. The summed E-state index contributed by atoms with van der Waals surface area (Å²) in [4.78, 5) is 18.9. The van der Waals surface area contributed by atoms with E-state index in [-0.39, 0.29) is 18.0 Å². The van der Waals surface area contributed by atoms with Gasteiger partial charge in [0.1, 0.15) is 13.7 Å². The molecule has 0 atom stereocenters. The number of ether oxygens (including phenoxy) is 1. The third-order valence-electron chi connectivity index (χ3n) is 4.15. The highest BCUT2D eigenvalue weighted by atomic mass is 32.2. The van der Waals surface area contributed by atoms with Crippen LogP contribution in [0.2, 0.25) is 0 Å². The molecule has 1 aromatic heterocycles. The van der Waals surface area contributed by atoms with E-state index >= 15 is 0 Å². The molecule has 0 radical (unpaired) electrons. The minimum Gasteiger partial charge on any atom is -0.481 e. The third-order valence-corrected chi connectivity index (χ3v) is 4.90. The van der Waals surface area contributed by atoms with E-state index in [0.717, 1.165) is 27.3 Å². The van der Waals surface area contributed by atoms with Crippen molar-refractivity contribution in [3.63, 3.8) is 0 Å². The fourth-order valence-corrected chi connectivity index (χ4v) is 3.12. The molecule has 0 aliphatic rings. The first-order chi connectivity index (χ1) is 14.4. The number of thioether (sulfide) groups is 1. The van der Waals surface area contributed by atoms with Crippen LogP contribution in [0.5, 0.6) is 5.75 Å². The van der Waals surface area contributed by atoms with Crippen molar-refractivity contribution in [3.8, 4) is 22.6 Å². The van der Waals surface area contributed by atoms with Crippen molar-refractivity contribution in [2.75, 3.05) is 20.0 Å². The molecule has 0 fully saturated rings. The van der Waals surface area contributed by atoms with Gasteiger partial charge in [-0.3, -0.25) is 4.79 Å². The Labute approximate surface area is 176 Å². The summed E-state index contributed by atoms with van der Waals surface area (Å²) in [6, 6.07) is 10.6. The van der Waals surface area contributed by atoms with Gasteiger partial charge < -0.3 is 9.57 Å². The Morgan fingerprint density at radius 2 is 1.90 bits per heavy atom. The minimum absolute atomic E-state index is 0.000762. The molecule has 0 saturated carbocycles. The largest absolute Gasteiger partial charge is 0.481 e. The van der Waals surface area contributed by atoms with Crippen LogP contribution >= 0.6 is 11.8 Å². The second-order valence-corrected chi connectivity index (χ2v) is 7.11. The molecule has 0 aliphatic heterocycles. The van der Waals surface area contributed by atoms with Crippen LogP contribution in [0.4, 0.5) is 8.78 Å². The number of aromatic nitrogens is 2. The van der Waals surface area contributed by atoms with E-state index in [2.05, 4.69) is 10.3 Å². The summed E-state index contributed by atoms with van der Waals surface area (Å²) < 4.78 is 33.7. The van der Waals surface area contributed by atoms with Crippen LogP contribution in [0, 0.1) is 11.6 Å². The van der Waals surface area contributed by atoms with Gasteiger partial charge in [-0.05, 0) is 43.0 Å². The highest BCUT2D eigenvalue weighted by molar-refractivity contribution is 7.98. The highest BCUT2D eigenvalue weighted by Gasteiger charge is 2.17. The van der Waals surface area contributed by atoms with Gasteiger partial charge in [0, 0.05) is 16.5 Å². The molecule has 0 amide bonds. The Balaban J connectivity index is 2.11. The van der Waals surface area contributed by atoms with E-state index in [0.29, 0.717) is 11.3 Å². The summed E-state index contributed by atoms with van der Waals surface area (Å²) in [6.45, 7) is 1.69. The second-order valence-electron chi connectivity index (χ2n) is 6.23. The zero-order valence-corrected chi connectivity index (χ0v) is 17.4. The van der Waals surface area contributed by atoms with E-state index in [1.54, 1.807) is 18.7 Å². The first kappa shape index (κ1) is 21.5. The summed E-state index contributed by atoms with van der Waals surface area (Å²) in [5.41, 5.74) is 1.17. The van der Waals surface area contributed by atoms with Gasteiger partial charge in [-0.25, -0.2) is 8.78 Å². The minimum atomic E-state index is -1.08. The number of rotatable bonds is 7. The van der Waals surface area contributed by atoms with E-state index in [4.69, 9.17) is 9.57 Å². The van der Waals surface area contributed by atoms with Gasteiger partial charge in [-0.1, -0.05) is 17.3 Å². The van der Waals surface area contributed by atoms with Crippen molar-refractivity contribution in [2.45, 2.75) is 11.8 Å². The van der Waals surface area contributed by atoms with Gasteiger partial charge in [-0.2, -0.15) is 9.78 Å². The van der Waals surface area contributed by atoms with Gasteiger partial charge in [0.05, 0.1) is 17.6 Å². The van der Waals surface area contributed by atoms with Crippen molar-refractivity contribution in [2.24, 2.45) is 5.16 Å². The van der Waals surface area contributed by atoms with Crippen molar-refractivity contribution < 1.29 is 18.4 Å². The molecular formula is C21H19F2N3O3S. The third kappa shape index (κ3) is 4.68.